The second kappa shape index (κ2) is 5.57. The summed E-state index contributed by atoms with van der Waals surface area (Å²) in [6, 6.07) is 10.8. The highest BCUT2D eigenvalue weighted by atomic mass is 14.9. The van der Waals surface area contributed by atoms with Gasteiger partial charge in [-0.05, 0) is 43.7 Å². The average molecular weight is 255 g/mol. The van der Waals surface area contributed by atoms with Gasteiger partial charge in [0.25, 0.3) is 0 Å². The molecule has 0 radical (unpaired) electrons. The van der Waals surface area contributed by atoms with Crippen molar-refractivity contribution in [3.05, 3.63) is 36.5 Å². The van der Waals surface area contributed by atoms with Gasteiger partial charge < -0.3 is 11.1 Å². The Morgan fingerprint density at radius 1 is 1.16 bits per heavy atom. The fraction of sp³-hybridized carbons (Fsp3) is 0.438. The van der Waals surface area contributed by atoms with Crippen molar-refractivity contribution in [2.45, 2.75) is 31.7 Å². The SMILES string of the molecule is N[C@H]1CC[C@H](CNc2cnc3ccccc3c2)CC1. The van der Waals surface area contributed by atoms with Crippen LogP contribution in [0.25, 0.3) is 10.9 Å². The van der Waals surface area contributed by atoms with E-state index < -0.39 is 0 Å². The Morgan fingerprint density at radius 2 is 1.95 bits per heavy atom. The number of nitrogens with one attached hydrogen (secondary N) is 1. The third kappa shape index (κ3) is 3.04. The molecule has 0 aliphatic heterocycles. The molecule has 2 aromatic rings. The smallest absolute Gasteiger partial charge is 0.0703 e. The van der Waals surface area contributed by atoms with Crippen molar-refractivity contribution in [2.24, 2.45) is 11.7 Å². The summed E-state index contributed by atoms with van der Waals surface area (Å²) in [5.41, 5.74) is 8.11. The zero-order valence-corrected chi connectivity index (χ0v) is 11.2. The van der Waals surface area contributed by atoms with Gasteiger partial charge in [0.15, 0.2) is 0 Å². The number of para-hydroxylation sites is 1. The van der Waals surface area contributed by atoms with Crippen LogP contribution in [0.1, 0.15) is 25.7 Å². The molecule has 1 aliphatic carbocycles. The predicted molar refractivity (Wildman–Crippen MR) is 80.2 cm³/mol. The van der Waals surface area contributed by atoms with Gasteiger partial charge in [-0.1, -0.05) is 18.2 Å². The number of benzene rings is 1. The monoisotopic (exact) mass is 255 g/mol. The number of hydrogen-bond acceptors (Lipinski definition) is 3. The maximum absolute atomic E-state index is 5.94. The zero-order valence-electron chi connectivity index (χ0n) is 11.2. The number of aromatic nitrogens is 1. The molecule has 0 spiro atoms. The van der Waals surface area contributed by atoms with Crippen LogP contribution in [0.5, 0.6) is 0 Å². The van der Waals surface area contributed by atoms with Crippen LogP contribution in [0, 0.1) is 5.92 Å². The van der Waals surface area contributed by atoms with E-state index in [-0.39, 0.29) is 0 Å². The molecular formula is C16H21N3. The molecular weight excluding hydrogens is 234 g/mol. The van der Waals surface area contributed by atoms with Gasteiger partial charge in [-0.15, -0.1) is 0 Å². The molecule has 1 fully saturated rings. The topological polar surface area (TPSA) is 50.9 Å². The normalized spacial score (nSPS) is 23.4. The minimum atomic E-state index is 0.429. The van der Waals surface area contributed by atoms with E-state index in [0.717, 1.165) is 23.7 Å². The lowest BCUT2D eigenvalue weighted by atomic mass is 9.86. The molecule has 0 bridgehead atoms. The molecule has 1 aromatic heterocycles. The number of nitrogens with two attached hydrogens (primary N) is 1. The molecule has 1 saturated carbocycles. The number of rotatable bonds is 3. The molecule has 3 heteroatoms. The number of pyridine rings is 1. The van der Waals surface area contributed by atoms with Crippen LogP contribution < -0.4 is 11.1 Å². The summed E-state index contributed by atoms with van der Waals surface area (Å²) in [6.07, 6.45) is 6.76. The highest BCUT2D eigenvalue weighted by Crippen LogP contribution is 2.24. The van der Waals surface area contributed by atoms with Crippen LogP contribution in [0.3, 0.4) is 0 Å². The average Bonchev–Trinajstić information content (AvgIpc) is 2.46. The van der Waals surface area contributed by atoms with E-state index in [9.17, 15) is 0 Å². The van der Waals surface area contributed by atoms with Gasteiger partial charge in [0, 0.05) is 18.0 Å². The van der Waals surface area contributed by atoms with E-state index in [1.54, 1.807) is 0 Å². The van der Waals surface area contributed by atoms with Gasteiger partial charge >= 0.3 is 0 Å². The Balaban J connectivity index is 1.62. The van der Waals surface area contributed by atoms with Crippen molar-refractivity contribution in [1.29, 1.82) is 0 Å². The second-order valence-electron chi connectivity index (χ2n) is 5.58. The first-order chi connectivity index (χ1) is 9.31. The first kappa shape index (κ1) is 12.4. The maximum Gasteiger partial charge on any atom is 0.0703 e. The molecule has 3 nitrogen and oxygen atoms in total. The predicted octanol–water partition coefficient (Wildman–Crippen LogP) is 3.16. The summed E-state index contributed by atoms with van der Waals surface area (Å²) < 4.78 is 0. The third-order valence-corrected chi connectivity index (χ3v) is 4.08. The first-order valence-electron chi connectivity index (χ1n) is 7.15. The first-order valence-corrected chi connectivity index (χ1v) is 7.15. The molecule has 0 unspecified atom stereocenters. The molecule has 100 valence electrons. The van der Waals surface area contributed by atoms with Crippen LogP contribution in [0.2, 0.25) is 0 Å². The van der Waals surface area contributed by atoms with E-state index in [4.69, 9.17) is 5.73 Å². The largest absolute Gasteiger partial charge is 0.384 e. The molecule has 0 atom stereocenters. The number of hydrogen-bond donors (Lipinski definition) is 2. The van der Waals surface area contributed by atoms with Crippen molar-refractivity contribution in [2.75, 3.05) is 11.9 Å². The van der Waals surface area contributed by atoms with Gasteiger partial charge in [-0.25, -0.2) is 0 Å². The van der Waals surface area contributed by atoms with Gasteiger partial charge in [-0.3, -0.25) is 4.98 Å². The maximum atomic E-state index is 5.94. The summed E-state index contributed by atoms with van der Waals surface area (Å²) >= 11 is 0. The van der Waals surface area contributed by atoms with Crippen LogP contribution in [-0.2, 0) is 0 Å². The summed E-state index contributed by atoms with van der Waals surface area (Å²) in [7, 11) is 0. The highest BCUT2D eigenvalue weighted by Gasteiger charge is 2.18. The lowest BCUT2D eigenvalue weighted by Crippen LogP contribution is -2.29. The lowest BCUT2D eigenvalue weighted by Gasteiger charge is -2.26. The lowest BCUT2D eigenvalue weighted by molar-refractivity contribution is 0.339. The van der Waals surface area contributed by atoms with Crippen molar-refractivity contribution < 1.29 is 0 Å². The second-order valence-corrected chi connectivity index (χ2v) is 5.58. The Hall–Kier alpha value is -1.61. The van der Waals surface area contributed by atoms with Crippen LogP contribution in [0.15, 0.2) is 36.5 Å². The molecule has 0 saturated heterocycles. The number of nitrogens with zero attached hydrogens (tertiary/aromatic N) is 1. The molecule has 19 heavy (non-hydrogen) atoms. The van der Waals surface area contributed by atoms with Gasteiger partial charge in [0.2, 0.25) is 0 Å². The van der Waals surface area contributed by atoms with Crippen LogP contribution in [0.4, 0.5) is 5.69 Å². The highest BCUT2D eigenvalue weighted by molar-refractivity contribution is 5.81. The van der Waals surface area contributed by atoms with Crippen LogP contribution in [-0.4, -0.2) is 17.6 Å². The Bertz CT molecular complexity index is 544. The van der Waals surface area contributed by atoms with Gasteiger partial charge in [0.1, 0.15) is 0 Å². The van der Waals surface area contributed by atoms with E-state index in [0.29, 0.717) is 6.04 Å². The third-order valence-electron chi connectivity index (χ3n) is 4.08. The summed E-state index contributed by atoms with van der Waals surface area (Å²) in [5, 5.41) is 4.71. The summed E-state index contributed by atoms with van der Waals surface area (Å²) in [6.45, 7) is 1.03. The fourth-order valence-corrected chi connectivity index (χ4v) is 2.82. The zero-order chi connectivity index (χ0) is 13.1. The van der Waals surface area contributed by atoms with Crippen molar-refractivity contribution in [1.82, 2.24) is 4.98 Å². The van der Waals surface area contributed by atoms with Crippen molar-refractivity contribution in [3.8, 4) is 0 Å². The minimum absolute atomic E-state index is 0.429. The fourth-order valence-electron chi connectivity index (χ4n) is 2.82. The minimum Gasteiger partial charge on any atom is -0.384 e. The summed E-state index contributed by atoms with van der Waals surface area (Å²) in [5.74, 6) is 0.756. The number of fused-ring (bicyclic) bond motifs is 1. The molecule has 1 aliphatic rings. The van der Waals surface area contributed by atoms with E-state index in [1.165, 1.54) is 31.1 Å². The van der Waals surface area contributed by atoms with E-state index in [2.05, 4.69) is 28.5 Å². The van der Waals surface area contributed by atoms with E-state index >= 15 is 0 Å². The van der Waals surface area contributed by atoms with Crippen LogP contribution >= 0.6 is 0 Å². The van der Waals surface area contributed by atoms with Gasteiger partial charge in [-0.2, -0.15) is 0 Å². The van der Waals surface area contributed by atoms with Crippen molar-refractivity contribution >= 4 is 16.6 Å². The summed E-state index contributed by atoms with van der Waals surface area (Å²) in [4.78, 5) is 4.47. The molecule has 1 heterocycles. The number of anilines is 1. The molecule has 0 amide bonds. The van der Waals surface area contributed by atoms with Gasteiger partial charge in [0.05, 0.1) is 17.4 Å². The van der Waals surface area contributed by atoms with Crippen molar-refractivity contribution in [3.63, 3.8) is 0 Å². The Kier molecular flexibility index (Phi) is 3.65. The molecule has 1 aromatic carbocycles. The quantitative estimate of drug-likeness (QED) is 0.885. The standard InChI is InChI=1S/C16H21N3/c17-14-7-5-12(6-8-14)10-18-15-9-13-3-1-2-4-16(13)19-11-15/h1-4,9,11-12,14,18H,5-8,10,17H2/t12-,14-. The Labute approximate surface area is 114 Å². The Morgan fingerprint density at radius 3 is 2.79 bits per heavy atom. The molecule has 3 rings (SSSR count). The van der Waals surface area contributed by atoms with E-state index in [1.807, 2.05) is 18.3 Å². The molecule has 3 N–H and O–H groups in total.